The van der Waals surface area contributed by atoms with Crippen molar-refractivity contribution >= 4 is 50.5 Å². The van der Waals surface area contributed by atoms with Crippen LogP contribution in [0.1, 0.15) is 46.3 Å². The molecule has 5 nitrogen and oxygen atoms in total. The van der Waals surface area contributed by atoms with Crippen molar-refractivity contribution in [1.29, 1.82) is 0 Å². The molecular weight excluding hydrogens is 513 g/mol. The first-order chi connectivity index (χ1) is 16.0. The molecule has 4 rings (SSSR count). The molecule has 1 heterocycles. The maximum atomic E-state index is 13.6. The maximum Gasteiger partial charge on any atom is 0.242 e. The lowest BCUT2D eigenvalue weighted by Crippen LogP contribution is -2.34. The second-order valence-corrected chi connectivity index (χ2v) is 11.4. The molecule has 34 heavy (non-hydrogen) atoms. The number of hydrogen-bond acceptors (Lipinski definition) is 4. The van der Waals surface area contributed by atoms with Gasteiger partial charge < -0.3 is 5.43 Å². The van der Waals surface area contributed by atoms with Gasteiger partial charge in [-0.1, -0.05) is 70.7 Å². The van der Waals surface area contributed by atoms with Crippen molar-refractivity contribution in [3.8, 4) is 0 Å². The van der Waals surface area contributed by atoms with Gasteiger partial charge >= 0.3 is 0 Å². The first-order valence-corrected chi connectivity index (χ1v) is 13.3. The highest BCUT2D eigenvalue weighted by Gasteiger charge is 2.33. The Morgan fingerprint density at radius 3 is 2.18 bits per heavy atom. The first-order valence-electron chi connectivity index (χ1n) is 10.7. The zero-order valence-electron chi connectivity index (χ0n) is 18.9. The van der Waals surface area contributed by atoms with Gasteiger partial charge in [0.15, 0.2) is 0 Å². The number of sulfonamides is 1. The van der Waals surface area contributed by atoms with Crippen LogP contribution in [0.2, 0.25) is 15.1 Å². The van der Waals surface area contributed by atoms with Crippen LogP contribution in [0.3, 0.4) is 0 Å². The molecule has 1 aliphatic heterocycles. The summed E-state index contributed by atoms with van der Waals surface area (Å²) in [4.78, 5) is 0.258. The van der Waals surface area contributed by atoms with Gasteiger partial charge in [-0.2, -0.15) is 9.82 Å². The lowest BCUT2D eigenvalue weighted by Gasteiger charge is -2.22. The van der Waals surface area contributed by atoms with E-state index >= 15 is 0 Å². The monoisotopic (exact) mass is 535 g/mol. The van der Waals surface area contributed by atoms with Crippen molar-refractivity contribution in [3.05, 3.63) is 97.5 Å². The van der Waals surface area contributed by atoms with Crippen LogP contribution < -0.4 is 10.1 Å². The summed E-state index contributed by atoms with van der Waals surface area (Å²) in [6.07, 6.45) is 0.486. The lowest BCUT2D eigenvalue weighted by atomic mass is 9.96. The van der Waals surface area contributed by atoms with Gasteiger partial charge in [0.2, 0.25) is 10.0 Å². The third-order valence-corrected chi connectivity index (χ3v) is 8.34. The van der Waals surface area contributed by atoms with Crippen molar-refractivity contribution < 1.29 is 8.42 Å². The SMILES string of the molecule is Cc1cc(C)c(S(=O)(=O)N[C@@H](C2=NNC(c3ccc(Cl)cc3)C2)c2ccc(Cl)cc2Cl)c(C)c1. The molecule has 0 saturated heterocycles. The van der Waals surface area contributed by atoms with E-state index < -0.39 is 16.1 Å². The van der Waals surface area contributed by atoms with E-state index in [-0.39, 0.29) is 10.9 Å². The molecule has 0 amide bonds. The van der Waals surface area contributed by atoms with Gasteiger partial charge in [-0.25, -0.2) is 8.42 Å². The Morgan fingerprint density at radius 2 is 1.56 bits per heavy atom. The maximum absolute atomic E-state index is 13.6. The average molecular weight is 537 g/mol. The Labute approximate surface area is 215 Å². The molecule has 0 bridgehead atoms. The number of rotatable bonds is 6. The molecule has 0 aliphatic carbocycles. The molecule has 0 saturated carbocycles. The fourth-order valence-corrected chi connectivity index (χ4v) is 6.68. The highest BCUT2D eigenvalue weighted by Crippen LogP contribution is 2.34. The predicted octanol–water partition coefficient (Wildman–Crippen LogP) is 6.68. The van der Waals surface area contributed by atoms with Crippen molar-refractivity contribution in [3.63, 3.8) is 0 Å². The Hall–Kier alpha value is -2.09. The molecule has 2 N–H and O–H groups in total. The van der Waals surface area contributed by atoms with E-state index in [2.05, 4.69) is 15.2 Å². The van der Waals surface area contributed by atoms with Crippen molar-refractivity contribution in [2.75, 3.05) is 0 Å². The van der Waals surface area contributed by atoms with Crippen LogP contribution in [0.15, 0.2) is 64.6 Å². The molecular formula is C25H24Cl3N3O2S. The van der Waals surface area contributed by atoms with E-state index in [0.29, 0.717) is 43.9 Å². The van der Waals surface area contributed by atoms with Crippen LogP contribution in [0, 0.1) is 20.8 Å². The fraction of sp³-hybridized carbons (Fsp3) is 0.240. The van der Waals surface area contributed by atoms with Crippen LogP contribution >= 0.6 is 34.8 Å². The largest absolute Gasteiger partial charge is 0.302 e. The van der Waals surface area contributed by atoms with Crippen LogP contribution in [0.4, 0.5) is 0 Å². The summed E-state index contributed by atoms with van der Waals surface area (Å²) >= 11 is 18.7. The van der Waals surface area contributed by atoms with Crippen LogP contribution in [-0.4, -0.2) is 14.1 Å². The number of hydrazone groups is 1. The highest BCUT2D eigenvalue weighted by atomic mass is 35.5. The molecule has 3 aromatic carbocycles. The smallest absolute Gasteiger partial charge is 0.242 e. The van der Waals surface area contributed by atoms with E-state index in [1.807, 2.05) is 43.3 Å². The number of halogens is 3. The lowest BCUT2D eigenvalue weighted by molar-refractivity contribution is 0.575. The standard InChI is InChI=1S/C25H24Cl3N3O2S/c1-14-10-15(2)25(16(3)11-14)34(32,33)31-24(20-9-8-19(27)12-21(20)28)23-13-22(29-30-23)17-4-6-18(26)7-5-17/h4-12,22,24,29,31H,13H2,1-3H3/t22?,24-/m1/s1. The number of hydrogen-bond donors (Lipinski definition) is 2. The molecule has 0 radical (unpaired) electrons. The number of benzene rings is 3. The number of aryl methyl sites for hydroxylation is 3. The van der Waals surface area contributed by atoms with Gasteiger partial charge in [0.05, 0.1) is 22.7 Å². The first kappa shape index (κ1) is 25.0. The van der Waals surface area contributed by atoms with E-state index in [9.17, 15) is 8.42 Å². The van der Waals surface area contributed by atoms with E-state index in [0.717, 1.165) is 11.1 Å². The van der Waals surface area contributed by atoms with E-state index in [1.165, 1.54) is 0 Å². The summed E-state index contributed by atoms with van der Waals surface area (Å²) in [5, 5.41) is 5.97. The minimum absolute atomic E-state index is 0.117. The minimum Gasteiger partial charge on any atom is -0.302 e. The summed E-state index contributed by atoms with van der Waals surface area (Å²) in [7, 11) is -3.91. The summed E-state index contributed by atoms with van der Waals surface area (Å²) in [6.45, 7) is 5.53. The normalized spacial score (nSPS) is 16.8. The van der Waals surface area contributed by atoms with Gasteiger partial charge in [-0.05, 0) is 67.3 Å². The fourth-order valence-electron chi connectivity index (χ4n) is 4.38. The Balaban J connectivity index is 1.72. The molecule has 9 heteroatoms. The Morgan fingerprint density at radius 1 is 0.941 bits per heavy atom. The van der Waals surface area contributed by atoms with E-state index in [4.69, 9.17) is 34.8 Å². The Kier molecular flexibility index (Phi) is 7.27. The van der Waals surface area contributed by atoms with Gasteiger partial charge in [0.25, 0.3) is 0 Å². The zero-order chi connectivity index (χ0) is 24.6. The van der Waals surface area contributed by atoms with Gasteiger partial charge in [-0.3, -0.25) is 0 Å². The van der Waals surface area contributed by atoms with Crippen molar-refractivity contribution in [2.45, 2.75) is 44.2 Å². The van der Waals surface area contributed by atoms with Gasteiger partial charge in [0.1, 0.15) is 0 Å². The predicted molar refractivity (Wildman–Crippen MR) is 140 cm³/mol. The molecule has 0 spiro atoms. The third kappa shape index (κ3) is 5.26. The second kappa shape index (κ2) is 9.88. The quantitative estimate of drug-likeness (QED) is 0.369. The highest BCUT2D eigenvalue weighted by molar-refractivity contribution is 7.89. The van der Waals surface area contributed by atoms with Crippen molar-refractivity contribution in [1.82, 2.24) is 10.1 Å². The number of nitrogens with zero attached hydrogens (tertiary/aromatic N) is 1. The summed E-state index contributed by atoms with van der Waals surface area (Å²) in [5.74, 6) is 0. The van der Waals surface area contributed by atoms with Crippen LogP contribution in [0.5, 0.6) is 0 Å². The Bertz CT molecular complexity index is 1350. The zero-order valence-corrected chi connectivity index (χ0v) is 21.9. The van der Waals surface area contributed by atoms with Gasteiger partial charge in [-0.15, -0.1) is 0 Å². The second-order valence-electron chi connectivity index (χ2n) is 8.49. The summed E-state index contributed by atoms with van der Waals surface area (Å²) in [6, 6.07) is 15.3. The molecule has 1 aliphatic rings. The summed E-state index contributed by atoms with van der Waals surface area (Å²) < 4.78 is 30.1. The molecule has 3 aromatic rings. The summed E-state index contributed by atoms with van der Waals surface area (Å²) in [5.41, 5.74) is 7.67. The van der Waals surface area contributed by atoms with E-state index in [1.54, 1.807) is 32.0 Å². The molecule has 2 atom stereocenters. The molecule has 1 unspecified atom stereocenters. The number of nitrogens with one attached hydrogen (secondary N) is 2. The topological polar surface area (TPSA) is 70.6 Å². The van der Waals surface area contributed by atoms with Crippen LogP contribution in [0.25, 0.3) is 0 Å². The third-order valence-electron chi connectivity index (χ3n) is 5.80. The minimum atomic E-state index is -3.91. The van der Waals surface area contributed by atoms with Gasteiger partial charge in [0, 0.05) is 21.5 Å². The average Bonchev–Trinajstić information content (AvgIpc) is 3.22. The molecule has 178 valence electrons. The molecule has 0 fully saturated rings. The van der Waals surface area contributed by atoms with Crippen molar-refractivity contribution in [2.24, 2.45) is 5.10 Å². The van der Waals surface area contributed by atoms with Crippen LogP contribution in [-0.2, 0) is 10.0 Å². The molecule has 0 aromatic heterocycles.